The molecule has 2 aliphatic rings. The van der Waals surface area contributed by atoms with E-state index in [2.05, 4.69) is 37.8 Å². The fourth-order valence-corrected chi connectivity index (χ4v) is 5.62. The molecule has 1 aliphatic heterocycles. The van der Waals surface area contributed by atoms with Gasteiger partial charge in [-0.2, -0.15) is 5.26 Å². The molecule has 2 aromatic carbocycles. The fraction of sp³-hybridized carbons (Fsp3) is 0.276. The van der Waals surface area contributed by atoms with Crippen molar-refractivity contribution in [2.45, 2.75) is 37.9 Å². The van der Waals surface area contributed by atoms with Crippen LogP contribution in [-0.2, 0) is 6.54 Å². The molecule has 2 aromatic heterocycles. The van der Waals surface area contributed by atoms with Gasteiger partial charge in [-0.1, -0.05) is 12.1 Å². The Morgan fingerprint density at radius 2 is 1.97 bits per heavy atom. The van der Waals surface area contributed by atoms with Gasteiger partial charge in [0, 0.05) is 55.4 Å². The summed E-state index contributed by atoms with van der Waals surface area (Å²) in [5.41, 5.74) is 6.62. The van der Waals surface area contributed by atoms with Gasteiger partial charge in [-0.25, -0.2) is 4.98 Å². The number of hydrogen-bond acceptors (Lipinski definition) is 4. The molecule has 0 saturated heterocycles. The maximum atomic E-state index is 13.4. The Labute approximate surface area is 210 Å². The zero-order chi connectivity index (χ0) is 24.8. The number of benzene rings is 2. The van der Waals surface area contributed by atoms with Crippen LogP contribution in [0.2, 0.25) is 0 Å². The Morgan fingerprint density at radius 1 is 1.14 bits per heavy atom. The number of hydrogen-bond donors (Lipinski definition) is 1. The van der Waals surface area contributed by atoms with Gasteiger partial charge in [0.1, 0.15) is 0 Å². The Balaban J connectivity index is 1.35. The topological polar surface area (TPSA) is 78.9 Å². The lowest BCUT2D eigenvalue weighted by Gasteiger charge is -2.25. The van der Waals surface area contributed by atoms with E-state index < -0.39 is 0 Å². The molecule has 7 nitrogen and oxygen atoms in total. The van der Waals surface area contributed by atoms with Gasteiger partial charge >= 0.3 is 0 Å². The second-order valence-electron chi connectivity index (χ2n) is 9.76. The smallest absolute Gasteiger partial charge is 0.253 e. The van der Waals surface area contributed by atoms with E-state index in [4.69, 9.17) is 5.26 Å². The van der Waals surface area contributed by atoms with Gasteiger partial charge in [0.2, 0.25) is 0 Å². The fourth-order valence-electron chi connectivity index (χ4n) is 5.62. The number of nitrogens with zero attached hydrogens (tertiary/aromatic N) is 5. The molecule has 0 radical (unpaired) electrons. The van der Waals surface area contributed by atoms with E-state index in [0.29, 0.717) is 23.7 Å². The van der Waals surface area contributed by atoms with Crippen molar-refractivity contribution in [3.05, 3.63) is 83.8 Å². The summed E-state index contributed by atoms with van der Waals surface area (Å²) in [6.45, 7) is 0.639. The van der Waals surface area contributed by atoms with Crippen molar-refractivity contribution in [3.8, 4) is 34.4 Å². The van der Waals surface area contributed by atoms with Crippen LogP contribution in [0.4, 0.5) is 0 Å². The quantitative estimate of drug-likeness (QED) is 0.416. The van der Waals surface area contributed by atoms with Crippen LogP contribution in [0.3, 0.4) is 0 Å². The van der Waals surface area contributed by atoms with E-state index in [1.807, 2.05) is 73.9 Å². The minimum atomic E-state index is 0.0701. The molecule has 0 bridgehead atoms. The lowest BCUT2D eigenvalue weighted by atomic mass is 10.1. The average Bonchev–Trinajstić information content (AvgIpc) is 3.66. The summed E-state index contributed by atoms with van der Waals surface area (Å²) in [7, 11) is 3.92. The molecule has 0 spiro atoms. The van der Waals surface area contributed by atoms with E-state index in [0.717, 1.165) is 53.2 Å². The standard InChI is InChI=1S/C29H28N6O/c1-31-24-8-9-25(15-24)33(2)29(36)21-7-10-26-23(13-21)18-34-17-22(20-5-3-19(16-30)4-6-20)14-27(34)28-32-11-12-35(26)28/h3-7,10-14,17,24-25,31H,8-9,15,18H2,1-2H3/t24-,25-/m0/s1. The van der Waals surface area contributed by atoms with E-state index in [-0.39, 0.29) is 11.9 Å². The second kappa shape index (κ2) is 8.81. The number of nitrogens with one attached hydrogen (secondary N) is 1. The van der Waals surface area contributed by atoms with Crippen molar-refractivity contribution in [1.82, 2.24) is 24.3 Å². The molecule has 1 fully saturated rings. The molecule has 7 heteroatoms. The van der Waals surface area contributed by atoms with Gasteiger partial charge in [-0.15, -0.1) is 0 Å². The molecule has 4 aromatic rings. The maximum Gasteiger partial charge on any atom is 0.253 e. The predicted octanol–water partition coefficient (Wildman–Crippen LogP) is 4.45. The summed E-state index contributed by atoms with van der Waals surface area (Å²) in [5, 5.41) is 12.5. The molecule has 1 N–H and O–H groups in total. The van der Waals surface area contributed by atoms with Gasteiger partial charge in [-0.05, 0) is 73.8 Å². The van der Waals surface area contributed by atoms with Crippen molar-refractivity contribution in [1.29, 1.82) is 5.26 Å². The highest BCUT2D eigenvalue weighted by molar-refractivity contribution is 5.95. The summed E-state index contributed by atoms with van der Waals surface area (Å²) in [6, 6.07) is 18.7. The van der Waals surface area contributed by atoms with Gasteiger partial charge in [0.15, 0.2) is 5.82 Å². The largest absolute Gasteiger partial charge is 0.340 e. The number of carbonyl (C=O) groups is 1. The maximum absolute atomic E-state index is 13.4. The van der Waals surface area contributed by atoms with Crippen LogP contribution in [0, 0.1) is 11.3 Å². The van der Waals surface area contributed by atoms with Crippen LogP contribution in [0.15, 0.2) is 67.1 Å². The van der Waals surface area contributed by atoms with Crippen molar-refractivity contribution in [3.63, 3.8) is 0 Å². The molecule has 36 heavy (non-hydrogen) atoms. The predicted molar refractivity (Wildman–Crippen MR) is 139 cm³/mol. The average molecular weight is 477 g/mol. The van der Waals surface area contributed by atoms with Crippen molar-refractivity contribution in [2.24, 2.45) is 0 Å². The molecule has 6 rings (SSSR count). The number of amides is 1. The molecule has 3 heterocycles. The van der Waals surface area contributed by atoms with Gasteiger partial charge in [0.25, 0.3) is 5.91 Å². The number of aromatic nitrogens is 3. The first-order valence-corrected chi connectivity index (χ1v) is 12.4. The molecule has 180 valence electrons. The highest BCUT2D eigenvalue weighted by Crippen LogP contribution is 2.34. The van der Waals surface area contributed by atoms with E-state index in [1.165, 1.54) is 0 Å². The highest BCUT2D eigenvalue weighted by Gasteiger charge is 2.30. The van der Waals surface area contributed by atoms with Crippen molar-refractivity contribution < 1.29 is 4.79 Å². The second-order valence-corrected chi connectivity index (χ2v) is 9.76. The highest BCUT2D eigenvalue weighted by atomic mass is 16.2. The molecule has 1 amide bonds. The number of carbonyl (C=O) groups excluding carboxylic acids is 1. The van der Waals surface area contributed by atoms with Crippen LogP contribution in [0.5, 0.6) is 0 Å². The number of nitriles is 1. The Hall–Kier alpha value is -4.15. The van der Waals surface area contributed by atoms with E-state index in [9.17, 15) is 4.79 Å². The summed E-state index contributed by atoms with van der Waals surface area (Å²) < 4.78 is 4.30. The molecular formula is C29H28N6O. The van der Waals surface area contributed by atoms with E-state index >= 15 is 0 Å². The van der Waals surface area contributed by atoms with Gasteiger partial charge in [-0.3, -0.25) is 9.36 Å². The number of imidazole rings is 1. The molecule has 0 unspecified atom stereocenters. The van der Waals surface area contributed by atoms with E-state index in [1.54, 1.807) is 0 Å². The molecular weight excluding hydrogens is 448 g/mol. The first-order chi connectivity index (χ1) is 17.6. The lowest BCUT2D eigenvalue weighted by molar-refractivity contribution is 0.0733. The summed E-state index contributed by atoms with van der Waals surface area (Å²) in [4.78, 5) is 20.0. The third-order valence-electron chi connectivity index (χ3n) is 7.72. The third kappa shape index (κ3) is 3.71. The minimum absolute atomic E-state index is 0.0701. The monoisotopic (exact) mass is 476 g/mol. The first kappa shape index (κ1) is 22.3. The minimum Gasteiger partial charge on any atom is -0.340 e. The summed E-state index contributed by atoms with van der Waals surface area (Å²) in [5.74, 6) is 0.939. The van der Waals surface area contributed by atoms with Crippen LogP contribution >= 0.6 is 0 Å². The normalized spacial score (nSPS) is 18.0. The third-order valence-corrected chi connectivity index (χ3v) is 7.72. The van der Waals surface area contributed by atoms with Gasteiger partial charge in [0.05, 0.1) is 23.0 Å². The zero-order valence-electron chi connectivity index (χ0n) is 20.5. The van der Waals surface area contributed by atoms with Crippen LogP contribution in [0.25, 0.3) is 28.3 Å². The first-order valence-electron chi connectivity index (χ1n) is 12.4. The summed E-state index contributed by atoms with van der Waals surface area (Å²) >= 11 is 0. The lowest BCUT2D eigenvalue weighted by Crippen LogP contribution is -2.36. The SMILES string of the molecule is CN[C@H]1CC[C@H](N(C)C(=O)c2ccc3c(c2)Cn2cc(-c4ccc(C#N)cc4)cc2-c2nccn2-3)C1. The zero-order valence-corrected chi connectivity index (χ0v) is 20.5. The van der Waals surface area contributed by atoms with Gasteiger partial charge < -0.3 is 14.8 Å². The number of rotatable bonds is 4. The number of fused-ring (bicyclic) bond motifs is 5. The molecule has 2 atom stereocenters. The molecule has 1 aliphatic carbocycles. The summed E-state index contributed by atoms with van der Waals surface area (Å²) in [6.07, 6.45) is 9.04. The Morgan fingerprint density at radius 3 is 2.72 bits per heavy atom. The van der Waals surface area contributed by atoms with Crippen molar-refractivity contribution >= 4 is 5.91 Å². The Kier molecular flexibility index (Phi) is 5.46. The van der Waals surface area contributed by atoms with Crippen LogP contribution in [0.1, 0.15) is 40.7 Å². The van der Waals surface area contributed by atoms with Crippen molar-refractivity contribution in [2.75, 3.05) is 14.1 Å². The van der Waals surface area contributed by atoms with Crippen LogP contribution < -0.4 is 5.32 Å². The van der Waals surface area contributed by atoms with Crippen LogP contribution in [-0.4, -0.2) is 51.1 Å². The Bertz CT molecular complexity index is 1490. The molecule has 1 saturated carbocycles.